The predicted octanol–water partition coefficient (Wildman–Crippen LogP) is 1.91. The average molecular weight is 249 g/mol. The van der Waals surface area contributed by atoms with Crippen LogP contribution in [0.2, 0.25) is 0 Å². The van der Waals surface area contributed by atoms with Crippen molar-refractivity contribution in [2.75, 3.05) is 21.3 Å². The van der Waals surface area contributed by atoms with Crippen molar-refractivity contribution >= 4 is 5.97 Å². The highest BCUT2D eigenvalue weighted by molar-refractivity contribution is 5.81. The molecule has 1 N–H and O–H groups in total. The summed E-state index contributed by atoms with van der Waals surface area (Å²) in [6.07, 6.45) is 1.70. The van der Waals surface area contributed by atoms with Gasteiger partial charge in [0.2, 0.25) is 0 Å². The van der Waals surface area contributed by atoms with Crippen LogP contribution in [0, 0.1) is 5.41 Å². The Hall–Kier alpha value is -1.55. The third-order valence-corrected chi connectivity index (χ3v) is 3.67. The van der Waals surface area contributed by atoms with Gasteiger partial charge in [-0.25, -0.2) is 0 Å². The van der Waals surface area contributed by atoms with Crippen molar-refractivity contribution < 1.29 is 14.3 Å². The molecule has 98 valence electrons. The zero-order chi connectivity index (χ0) is 13.2. The lowest BCUT2D eigenvalue weighted by molar-refractivity contribution is -0.148. The topological polar surface area (TPSA) is 47.6 Å². The van der Waals surface area contributed by atoms with Crippen LogP contribution >= 0.6 is 0 Å². The molecule has 1 aromatic rings. The van der Waals surface area contributed by atoms with Crippen LogP contribution in [0.1, 0.15) is 24.4 Å². The van der Waals surface area contributed by atoms with Crippen LogP contribution in [0.25, 0.3) is 0 Å². The van der Waals surface area contributed by atoms with Crippen molar-refractivity contribution in [3.05, 3.63) is 29.8 Å². The lowest BCUT2D eigenvalue weighted by Gasteiger charge is -2.26. The van der Waals surface area contributed by atoms with Gasteiger partial charge < -0.3 is 14.8 Å². The first-order chi connectivity index (χ1) is 8.69. The Balaban J connectivity index is 2.37. The molecule has 0 saturated heterocycles. The molecule has 1 saturated carbocycles. The Morgan fingerprint density at radius 3 is 2.50 bits per heavy atom. The van der Waals surface area contributed by atoms with Crippen molar-refractivity contribution in [3.8, 4) is 5.75 Å². The van der Waals surface area contributed by atoms with E-state index in [-0.39, 0.29) is 12.0 Å². The van der Waals surface area contributed by atoms with Gasteiger partial charge in [-0.1, -0.05) is 18.2 Å². The van der Waals surface area contributed by atoms with Crippen LogP contribution < -0.4 is 10.1 Å². The second-order valence-electron chi connectivity index (χ2n) is 4.61. The fourth-order valence-electron chi connectivity index (χ4n) is 2.58. The predicted molar refractivity (Wildman–Crippen MR) is 68.5 cm³/mol. The van der Waals surface area contributed by atoms with E-state index in [1.165, 1.54) is 7.11 Å². The summed E-state index contributed by atoms with van der Waals surface area (Å²) in [7, 11) is 4.95. The molecule has 1 aliphatic rings. The molecule has 1 unspecified atom stereocenters. The van der Waals surface area contributed by atoms with E-state index < -0.39 is 5.41 Å². The maximum Gasteiger partial charge on any atom is 0.313 e. The fourth-order valence-corrected chi connectivity index (χ4v) is 2.58. The van der Waals surface area contributed by atoms with Crippen molar-refractivity contribution in [3.63, 3.8) is 0 Å². The van der Waals surface area contributed by atoms with Crippen LogP contribution in [0.3, 0.4) is 0 Å². The summed E-state index contributed by atoms with van der Waals surface area (Å²) in [6.45, 7) is 0. The maximum absolute atomic E-state index is 12.0. The molecule has 18 heavy (non-hydrogen) atoms. The minimum absolute atomic E-state index is 0.0684. The molecule has 0 aliphatic heterocycles. The summed E-state index contributed by atoms with van der Waals surface area (Å²) in [5, 5.41) is 3.23. The van der Waals surface area contributed by atoms with E-state index in [2.05, 4.69) is 5.32 Å². The third-order valence-electron chi connectivity index (χ3n) is 3.67. The number of esters is 1. The number of rotatable bonds is 5. The summed E-state index contributed by atoms with van der Waals surface area (Å²) < 4.78 is 10.3. The van der Waals surface area contributed by atoms with Gasteiger partial charge in [0.05, 0.1) is 25.7 Å². The highest BCUT2D eigenvalue weighted by atomic mass is 16.5. The first kappa shape index (κ1) is 12.9. The Labute approximate surface area is 107 Å². The van der Waals surface area contributed by atoms with E-state index in [4.69, 9.17) is 9.47 Å². The molecule has 1 atom stereocenters. The first-order valence-electron chi connectivity index (χ1n) is 6.08. The number of carbonyl (C=O) groups is 1. The highest BCUT2D eigenvalue weighted by Crippen LogP contribution is 2.56. The highest BCUT2D eigenvalue weighted by Gasteiger charge is 2.57. The van der Waals surface area contributed by atoms with E-state index in [0.29, 0.717) is 0 Å². The summed E-state index contributed by atoms with van der Waals surface area (Å²) in [4.78, 5) is 12.0. The van der Waals surface area contributed by atoms with Gasteiger partial charge in [0.15, 0.2) is 0 Å². The Morgan fingerprint density at radius 1 is 1.33 bits per heavy atom. The van der Waals surface area contributed by atoms with E-state index in [1.807, 2.05) is 31.3 Å². The molecule has 0 radical (unpaired) electrons. The molecule has 1 aromatic carbocycles. The van der Waals surface area contributed by atoms with E-state index >= 15 is 0 Å². The first-order valence-corrected chi connectivity index (χ1v) is 6.08. The van der Waals surface area contributed by atoms with Gasteiger partial charge in [0.1, 0.15) is 5.75 Å². The Bertz CT molecular complexity index is 440. The van der Waals surface area contributed by atoms with Crippen molar-refractivity contribution in [1.29, 1.82) is 0 Å². The SMILES string of the molecule is CNC(c1ccccc1OC)C1(C(=O)OC)CC1. The van der Waals surface area contributed by atoms with Crippen molar-refractivity contribution in [2.24, 2.45) is 5.41 Å². The average Bonchev–Trinajstić information content (AvgIpc) is 3.21. The smallest absolute Gasteiger partial charge is 0.313 e. The van der Waals surface area contributed by atoms with E-state index in [1.54, 1.807) is 7.11 Å². The van der Waals surface area contributed by atoms with Crippen LogP contribution in [-0.2, 0) is 9.53 Å². The van der Waals surface area contributed by atoms with Crippen LogP contribution in [-0.4, -0.2) is 27.2 Å². The molecular formula is C14H19NO3. The quantitative estimate of drug-likeness (QED) is 0.810. The largest absolute Gasteiger partial charge is 0.496 e. The van der Waals surface area contributed by atoms with Crippen molar-refractivity contribution in [2.45, 2.75) is 18.9 Å². The zero-order valence-corrected chi connectivity index (χ0v) is 11.0. The van der Waals surface area contributed by atoms with Gasteiger partial charge in [-0.3, -0.25) is 4.79 Å². The summed E-state index contributed by atoms with van der Waals surface area (Å²) in [6, 6.07) is 7.71. The second-order valence-corrected chi connectivity index (χ2v) is 4.61. The molecule has 0 heterocycles. The van der Waals surface area contributed by atoms with Crippen molar-refractivity contribution in [1.82, 2.24) is 5.32 Å². The third kappa shape index (κ3) is 1.97. The van der Waals surface area contributed by atoms with E-state index in [9.17, 15) is 4.79 Å². The van der Waals surface area contributed by atoms with Gasteiger partial charge in [0.25, 0.3) is 0 Å². The zero-order valence-electron chi connectivity index (χ0n) is 11.0. The number of benzene rings is 1. The molecule has 0 bridgehead atoms. The number of hydrogen-bond donors (Lipinski definition) is 1. The normalized spacial score (nSPS) is 17.9. The minimum Gasteiger partial charge on any atom is -0.496 e. The number of carbonyl (C=O) groups excluding carboxylic acids is 1. The molecule has 1 aliphatic carbocycles. The molecule has 1 fully saturated rings. The number of para-hydroxylation sites is 1. The van der Waals surface area contributed by atoms with Crippen LogP contribution in [0.15, 0.2) is 24.3 Å². The number of methoxy groups -OCH3 is 2. The minimum atomic E-state index is -0.432. The summed E-state index contributed by atoms with van der Waals surface area (Å²) in [5.74, 6) is 0.653. The van der Waals surface area contributed by atoms with Gasteiger partial charge >= 0.3 is 5.97 Å². The number of nitrogens with one attached hydrogen (secondary N) is 1. The Morgan fingerprint density at radius 2 is 2.00 bits per heavy atom. The molecule has 4 nitrogen and oxygen atoms in total. The van der Waals surface area contributed by atoms with Gasteiger partial charge in [0, 0.05) is 5.56 Å². The standard InChI is InChI=1S/C14H19NO3/c1-15-12(14(8-9-14)13(16)18-3)10-6-4-5-7-11(10)17-2/h4-7,12,15H,8-9H2,1-3H3. The van der Waals surface area contributed by atoms with Gasteiger partial charge in [-0.05, 0) is 26.0 Å². The number of hydrogen-bond acceptors (Lipinski definition) is 4. The van der Waals surface area contributed by atoms with Crippen LogP contribution in [0.5, 0.6) is 5.75 Å². The second kappa shape index (κ2) is 4.98. The molecule has 2 rings (SSSR count). The molecule has 0 amide bonds. The van der Waals surface area contributed by atoms with Gasteiger partial charge in [-0.2, -0.15) is 0 Å². The molecule has 0 aromatic heterocycles. The summed E-state index contributed by atoms with van der Waals surface area (Å²) >= 11 is 0. The lowest BCUT2D eigenvalue weighted by atomic mass is 9.89. The number of ether oxygens (including phenoxy) is 2. The Kier molecular flexibility index (Phi) is 3.57. The summed E-state index contributed by atoms with van der Waals surface area (Å²) in [5.41, 5.74) is 0.573. The molecular weight excluding hydrogens is 230 g/mol. The van der Waals surface area contributed by atoms with E-state index in [0.717, 1.165) is 24.2 Å². The monoisotopic (exact) mass is 249 g/mol. The molecule has 0 spiro atoms. The van der Waals surface area contributed by atoms with Crippen LogP contribution in [0.4, 0.5) is 0 Å². The maximum atomic E-state index is 12.0. The molecule has 4 heteroatoms. The fraction of sp³-hybridized carbons (Fsp3) is 0.500. The lowest BCUT2D eigenvalue weighted by Crippen LogP contribution is -2.33. The van der Waals surface area contributed by atoms with Gasteiger partial charge in [-0.15, -0.1) is 0 Å².